The van der Waals surface area contributed by atoms with Gasteiger partial charge in [-0.25, -0.2) is 0 Å². The van der Waals surface area contributed by atoms with E-state index in [-0.39, 0.29) is 0 Å². The summed E-state index contributed by atoms with van der Waals surface area (Å²) in [5.74, 6) is 0. The van der Waals surface area contributed by atoms with Gasteiger partial charge in [-0.3, -0.25) is 5.43 Å². The number of hydrogen-bond donors (Lipinski definition) is 2. The third-order valence-corrected chi connectivity index (χ3v) is 1.00. The Morgan fingerprint density at radius 3 is 2.88 bits per heavy atom. The molecule has 0 aromatic rings. The zero-order valence-corrected chi connectivity index (χ0v) is 5.33. The van der Waals surface area contributed by atoms with Gasteiger partial charge < -0.3 is 0 Å². The lowest BCUT2D eigenvalue weighted by Crippen LogP contribution is -2.38. The van der Waals surface area contributed by atoms with E-state index in [1.54, 1.807) is 5.12 Å². The molecule has 0 spiro atoms. The van der Waals surface area contributed by atoms with Crippen molar-refractivity contribution >= 4 is 17.3 Å². The van der Waals surface area contributed by atoms with Crippen molar-refractivity contribution < 1.29 is 0 Å². The van der Waals surface area contributed by atoms with Gasteiger partial charge in [-0.05, 0) is 19.1 Å². The van der Waals surface area contributed by atoms with E-state index in [1.807, 2.05) is 6.92 Å². The van der Waals surface area contributed by atoms with Crippen LogP contribution in [0.3, 0.4) is 0 Å². The molecule has 1 aliphatic heterocycles. The highest BCUT2D eigenvalue weighted by Crippen LogP contribution is 1.80. The topological polar surface area (TPSA) is 41.4 Å². The number of nitrogens with one attached hydrogen (secondary N) is 2. The van der Waals surface area contributed by atoms with Gasteiger partial charge in [0.05, 0.1) is 0 Å². The Labute approximate surface area is 53.1 Å². The van der Waals surface area contributed by atoms with Crippen molar-refractivity contribution in [1.29, 1.82) is 0 Å². The second kappa shape index (κ2) is 2.25. The van der Waals surface area contributed by atoms with E-state index in [0.29, 0.717) is 5.11 Å². The van der Waals surface area contributed by atoms with Crippen molar-refractivity contribution in [2.45, 2.75) is 6.92 Å². The molecular weight excluding hydrogens is 124 g/mol. The fourth-order valence-corrected chi connectivity index (χ4v) is 0.572. The third-order valence-electron chi connectivity index (χ3n) is 0.819. The Balaban J connectivity index is 2.32. The maximum absolute atomic E-state index is 4.68. The molecule has 1 radical (unpaired) electrons. The molecule has 0 unspecified atom stereocenters. The molecule has 0 bridgehead atoms. The van der Waals surface area contributed by atoms with Gasteiger partial charge in [0.1, 0.15) is 0 Å². The minimum absolute atomic E-state index is 0.492. The van der Waals surface area contributed by atoms with Gasteiger partial charge in [-0.2, -0.15) is 5.43 Å². The Morgan fingerprint density at radius 2 is 2.62 bits per heavy atom. The molecule has 8 heavy (non-hydrogen) atoms. The van der Waals surface area contributed by atoms with Crippen molar-refractivity contribution in [3.8, 4) is 0 Å². The van der Waals surface area contributed by atoms with Crippen LogP contribution in [0, 0.1) is 0 Å². The first-order valence-electron chi connectivity index (χ1n) is 2.37. The molecule has 0 amide bonds. The molecule has 1 heterocycles. The summed E-state index contributed by atoms with van der Waals surface area (Å²) >= 11 is 4.68. The SMILES string of the molecule is CCN1N[N]C(=S)N1. The fourth-order valence-electron chi connectivity index (χ4n) is 0.421. The molecule has 0 aromatic carbocycles. The van der Waals surface area contributed by atoms with E-state index in [0.717, 1.165) is 6.54 Å². The van der Waals surface area contributed by atoms with Crippen LogP contribution in [-0.4, -0.2) is 16.8 Å². The van der Waals surface area contributed by atoms with Gasteiger partial charge in [-0.1, -0.05) is 0 Å². The zero-order valence-electron chi connectivity index (χ0n) is 4.51. The van der Waals surface area contributed by atoms with Crippen LogP contribution in [0.15, 0.2) is 0 Å². The van der Waals surface area contributed by atoms with Crippen molar-refractivity contribution in [2.24, 2.45) is 0 Å². The minimum atomic E-state index is 0.492. The largest absolute Gasteiger partial charge is 0.278 e. The van der Waals surface area contributed by atoms with Crippen LogP contribution in [0.4, 0.5) is 0 Å². The monoisotopic (exact) mass is 131 g/mol. The van der Waals surface area contributed by atoms with Gasteiger partial charge in [-0.15, -0.1) is 10.7 Å². The molecule has 1 rings (SSSR count). The quantitative estimate of drug-likeness (QED) is 0.454. The number of thiocarbonyl (C=S) groups is 1. The molecule has 1 fully saturated rings. The normalized spacial score (nSPS) is 20.4. The first-order valence-corrected chi connectivity index (χ1v) is 2.78. The molecule has 45 valence electrons. The van der Waals surface area contributed by atoms with Crippen LogP contribution in [0.25, 0.3) is 0 Å². The Morgan fingerprint density at radius 1 is 1.88 bits per heavy atom. The Bertz CT molecular complexity index is 103. The second-order valence-electron chi connectivity index (χ2n) is 1.37. The van der Waals surface area contributed by atoms with Crippen LogP contribution < -0.4 is 16.4 Å². The van der Waals surface area contributed by atoms with Crippen LogP contribution in [0.2, 0.25) is 0 Å². The highest BCUT2D eigenvalue weighted by Gasteiger charge is 2.11. The standard InChI is InChI=1S/C3H7N4S/c1-2-7-5-3(8)4-6-7/h6H,2H2,1H3,(H,5,8). The predicted octanol–water partition coefficient (Wildman–Crippen LogP) is -0.865. The zero-order chi connectivity index (χ0) is 5.98. The lowest BCUT2D eigenvalue weighted by molar-refractivity contribution is 0.185. The summed E-state index contributed by atoms with van der Waals surface area (Å²) < 4.78 is 0. The molecule has 1 aliphatic rings. The number of nitrogens with zero attached hydrogens (tertiary/aromatic N) is 2. The average Bonchev–Trinajstić information content (AvgIpc) is 2.14. The molecule has 0 aliphatic carbocycles. The summed E-state index contributed by atoms with van der Waals surface area (Å²) in [7, 11) is 0. The summed E-state index contributed by atoms with van der Waals surface area (Å²) in [6.45, 7) is 2.83. The average molecular weight is 131 g/mol. The molecule has 0 aromatic heterocycles. The van der Waals surface area contributed by atoms with Gasteiger partial charge in [0.2, 0.25) is 5.11 Å². The maximum atomic E-state index is 4.68. The molecule has 4 nitrogen and oxygen atoms in total. The van der Waals surface area contributed by atoms with Crippen LogP contribution in [-0.2, 0) is 0 Å². The summed E-state index contributed by atoms with van der Waals surface area (Å²) in [6.07, 6.45) is 0. The summed E-state index contributed by atoms with van der Waals surface area (Å²) in [4.78, 5) is 0. The molecule has 0 atom stereocenters. The summed E-state index contributed by atoms with van der Waals surface area (Å²) in [6, 6.07) is 0. The van der Waals surface area contributed by atoms with Gasteiger partial charge >= 0.3 is 0 Å². The van der Waals surface area contributed by atoms with Crippen molar-refractivity contribution in [3.63, 3.8) is 0 Å². The summed E-state index contributed by atoms with van der Waals surface area (Å²) in [5.41, 5.74) is 9.14. The molecule has 2 N–H and O–H groups in total. The van der Waals surface area contributed by atoms with E-state index < -0.39 is 0 Å². The number of rotatable bonds is 1. The maximum Gasteiger partial charge on any atom is 0.222 e. The highest BCUT2D eigenvalue weighted by atomic mass is 32.1. The van der Waals surface area contributed by atoms with E-state index in [4.69, 9.17) is 0 Å². The van der Waals surface area contributed by atoms with Gasteiger partial charge in [0.15, 0.2) is 0 Å². The van der Waals surface area contributed by atoms with Gasteiger partial charge in [0, 0.05) is 6.54 Å². The van der Waals surface area contributed by atoms with Crippen LogP contribution >= 0.6 is 12.2 Å². The first kappa shape index (κ1) is 5.74. The fraction of sp³-hybridized carbons (Fsp3) is 0.667. The molecule has 1 saturated heterocycles. The van der Waals surface area contributed by atoms with E-state index >= 15 is 0 Å². The first-order chi connectivity index (χ1) is 3.83. The highest BCUT2D eigenvalue weighted by molar-refractivity contribution is 7.80. The lowest BCUT2D eigenvalue weighted by atomic mass is 10.8. The number of hydrogen-bond acceptors (Lipinski definition) is 3. The van der Waals surface area contributed by atoms with E-state index in [9.17, 15) is 0 Å². The smallest absolute Gasteiger partial charge is 0.222 e. The predicted molar refractivity (Wildman–Crippen MR) is 33.4 cm³/mol. The second-order valence-corrected chi connectivity index (χ2v) is 1.76. The Kier molecular flexibility index (Phi) is 1.62. The lowest BCUT2D eigenvalue weighted by Gasteiger charge is -2.07. The van der Waals surface area contributed by atoms with Crippen LogP contribution in [0.5, 0.6) is 0 Å². The van der Waals surface area contributed by atoms with Gasteiger partial charge in [0.25, 0.3) is 0 Å². The van der Waals surface area contributed by atoms with E-state index in [1.165, 1.54) is 0 Å². The Hall–Kier alpha value is -0.390. The van der Waals surface area contributed by atoms with Crippen molar-refractivity contribution in [3.05, 3.63) is 0 Å². The van der Waals surface area contributed by atoms with E-state index in [2.05, 4.69) is 28.6 Å². The molecular formula is C3H7N4S. The molecule has 5 heteroatoms. The van der Waals surface area contributed by atoms with Crippen molar-refractivity contribution in [2.75, 3.05) is 6.54 Å². The van der Waals surface area contributed by atoms with Crippen LogP contribution in [0.1, 0.15) is 6.92 Å². The number of hydrazine groups is 2. The molecule has 0 saturated carbocycles. The third kappa shape index (κ3) is 1.06. The van der Waals surface area contributed by atoms with Crippen molar-refractivity contribution in [1.82, 2.24) is 21.5 Å². The summed E-state index contributed by atoms with van der Waals surface area (Å²) in [5, 5.41) is 2.19. The minimum Gasteiger partial charge on any atom is -0.278 e.